The molecule has 1 rings (SSSR count). The Kier molecular flexibility index (Phi) is 5.01. The summed E-state index contributed by atoms with van der Waals surface area (Å²) in [7, 11) is 0. The quantitative estimate of drug-likeness (QED) is 0.819. The maximum absolute atomic E-state index is 12.0. The van der Waals surface area contributed by atoms with Crippen molar-refractivity contribution >= 4 is 17.5 Å². The lowest BCUT2D eigenvalue weighted by Gasteiger charge is -2.15. The Balaban J connectivity index is 2.69. The smallest absolute Gasteiger partial charge is 0.251 e. The van der Waals surface area contributed by atoms with Crippen LogP contribution >= 0.6 is 11.6 Å². The summed E-state index contributed by atoms with van der Waals surface area (Å²) < 4.78 is 0. The summed E-state index contributed by atoms with van der Waals surface area (Å²) in [6.07, 6.45) is 0.776. The van der Waals surface area contributed by atoms with Gasteiger partial charge in [0.15, 0.2) is 0 Å². The lowest BCUT2D eigenvalue weighted by molar-refractivity contribution is 0.0938. The van der Waals surface area contributed by atoms with Gasteiger partial charge in [-0.1, -0.05) is 17.2 Å². The zero-order valence-corrected chi connectivity index (χ0v) is 11.6. The van der Waals surface area contributed by atoms with Gasteiger partial charge >= 0.3 is 0 Å². The number of benzene rings is 1. The average Bonchev–Trinajstić information content (AvgIpc) is 2.14. The highest BCUT2D eigenvalue weighted by Crippen LogP contribution is 2.10. The number of hydrogen-bond acceptors (Lipinski definition) is 1. The molecule has 0 aliphatic heterocycles. The lowest BCUT2D eigenvalue weighted by atomic mass is 10.1. The molecule has 0 saturated heterocycles. The van der Waals surface area contributed by atoms with E-state index in [4.69, 9.17) is 11.6 Å². The summed E-state index contributed by atoms with van der Waals surface area (Å²) in [5.41, 5.74) is 2.93. The van der Waals surface area contributed by atoms with E-state index in [0.717, 1.165) is 23.1 Å². The van der Waals surface area contributed by atoms with Crippen molar-refractivity contribution < 1.29 is 4.79 Å². The number of carbonyl (C=O) groups is 1. The highest BCUT2D eigenvalue weighted by atomic mass is 35.5. The maximum Gasteiger partial charge on any atom is 0.251 e. The van der Waals surface area contributed by atoms with Gasteiger partial charge in [-0.25, -0.2) is 0 Å². The largest absolute Gasteiger partial charge is 0.350 e. The summed E-state index contributed by atoms with van der Waals surface area (Å²) in [6, 6.07) is 5.95. The molecule has 0 fully saturated rings. The molecule has 17 heavy (non-hydrogen) atoms. The number of hydrogen-bond donors (Lipinski definition) is 1. The van der Waals surface area contributed by atoms with E-state index in [0.29, 0.717) is 0 Å². The van der Waals surface area contributed by atoms with Crippen LogP contribution in [0.2, 0.25) is 0 Å². The van der Waals surface area contributed by atoms with Crippen LogP contribution in [0.5, 0.6) is 0 Å². The Morgan fingerprint density at radius 3 is 2.24 bits per heavy atom. The fraction of sp³-hybridized carbons (Fsp3) is 0.500. The molecule has 2 unspecified atom stereocenters. The van der Waals surface area contributed by atoms with Crippen LogP contribution in [0.3, 0.4) is 0 Å². The normalized spacial score (nSPS) is 14.2. The lowest BCUT2D eigenvalue weighted by Crippen LogP contribution is -2.34. The van der Waals surface area contributed by atoms with Gasteiger partial charge in [0.1, 0.15) is 0 Å². The molecule has 1 amide bonds. The maximum atomic E-state index is 12.0. The first-order valence-electron chi connectivity index (χ1n) is 5.91. The van der Waals surface area contributed by atoms with Gasteiger partial charge in [-0.3, -0.25) is 4.79 Å². The molecule has 0 aliphatic carbocycles. The summed E-state index contributed by atoms with van der Waals surface area (Å²) >= 11 is 5.90. The van der Waals surface area contributed by atoms with Crippen LogP contribution in [-0.4, -0.2) is 17.3 Å². The van der Waals surface area contributed by atoms with Crippen molar-refractivity contribution in [2.45, 2.75) is 45.5 Å². The van der Waals surface area contributed by atoms with Crippen LogP contribution in [0, 0.1) is 13.8 Å². The van der Waals surface area contributed by atoms with Gasteiger partial charge in [-0.2, -0.15) is 0 Å². The van der Waals surface area contributed by atoms with Crippen LogP contribution in [0.4, 0.5) is 0 Å². The molecular weight excluding hydrogens is 234 g/mol. The molecule has 0 heterocycles. The van der Waals surface area contributed by atoms with Crippen molar-refractivity contribution in [3.8, 4) is 0 Å². The number of amides is 1. The molecule has 1 aromatic carbocycles. The van der Waals surface area contributed by atoms with Gasteiger partial charge in [0, 0.05) is 17.0 Å². The molecule has 1 aromatic rings. The molecule has 0 radical (unpaired) electrons. The number of nitrogens with one attached hydrogen (secondary N) is 1. The van der Waals surface area contributed by atoms with Crippen molar-refractivity contribution in [3.63, 3.8) is 0 Å². The molecule has 0 aliphatic rings. The number of alkyl halides is 1. The molecule has 0 aromatic heterocycles. The minimum Gasteiger partial charge on any atom is -0.350 e. The minimum atomic E-state index is -0.0263. The van der Waals surface area contributed by atoms with E-state index in [2.05, 4.69) is 11.4 Å². The third-order valence-electron chi connectivity index (χ3n) is 2.54. The van der Waals surface area contributed by atoms with Gasteiger partial charge in [0.2, 0.25) is 0 Å². The first-order valence-corrected chi connectivity index (χ1v) is 6.35. The Hall–Kier alpha value is -1.02. The average molecular weight is 254 g/mol. The van der Waals surface area contributed by atoms with E-state index in [1.807, 2.05) is 39.8 Å². The van der Waals surface area contributed by atoms with Crippen molar-refractivity contribution in [2.75, 3.05) is 0 Å². The molecule has 0 saturated carbocycles. The van der Waals surface area contributed by atoms with Crippen LogP contribution in [0.1, 0.15) is 41.8 Å². The van der Waals surface area contributed by atoms with E-state index >= 15 is 0 Å². The van der Waals surface area contributed by atoms with Crippen LogP contribution in [0.15, 0.2) is 18.2 Å². The molecule has 3 heteroatoms. The summed E-state index contributed by atoms with van der Waals surface area (Å²) in [5, 5.41) is 3.03. The predicted octanol–water partition coefficient (Wildman–Crippen LogP) is 3.44. The second-order valence-corrected chi connectivity index (χ2v) is 5.51. The SMILES string of the molecule is Cc1cc(C)cc(C(=O)NC(C)CC(C)Cl)c1. The molecule has 1 N–H and O–H groups in total. The van der Waals surface area contributed by atoms with Gasteiger partial charge < -0.3 is 5.32 Å². The van der Waals surface area contributed by atoms with E-state index in [9.17, 15) is 4.79 Å². The van der Waals surface area contributed by atoms with Gasteiger partial charge in [0.05, 0.1) is 0 Å². The van der Waals surface area contributed by atoms with Crippen molar-refractivity contribution in [2.24, 2.45) is 0 Å². The number of rotatable bonds is 4. The zero-order chi connectivity index (χ0) is 13.0. The minimum absolute atomic E-state index is 0.0263. The van der Waals surface area contributed by atoms with Crippen LogP contribution in [0.25, 0.3) is 0 Å². The highest BCUT2D eigenvalue weighted by Gasteiger charge is 2.12. The standard InChI is InChI=1S/C14H20ClNO/c1-9-5-10(2)7-13(6-9)14(17)16-12(4)8-11(3)15/h5-7,11-12H,8H2,1-4H3,(H,16,17). The monoisotopic (exact) mass is 253 g/mol. The molecule has 2 nitrogen and oxygen atoms in total. The Morgan fingerprint density at radius 1 is 1.24 bits per heavy atom. The van der Waals surface area contributed by atoms with E-state index in [1.165, 1.54) is 0 Å². The van der Waals surface area contributed by atoms with Crippen molar-refractivity contribution in [1.29, 1.82) is 0 Å². The highest BCUT2D eigenvalue weighted by molar-refractivity contribution is 6.20. The number of aryl methyl sites for hydroxylation is 2. The summed E-state index contributed by atoms with van der Waals surface area (Å²) in [6.45, 7) is 7.89. The summed E-state index contributed by atoms with van der Waals surface area (Å²) in [5.74, 6) is -0.0263. The van der Waals surface area contributed by atoms with E-state index < -0.39 is 0 Å². The Labute approximate surface area is 108 Å². The molecular formula is C14H20ClNO. The van der Waals surface area contributed by atoms with E-state index in [-0.39, 0.29) is 17.3 Å². The van der Waals surface area contributed by atoms with Gasteiger partial charge in [-0.15, -0.1) is 11.6 Å². The third-order valence-corrected chi connectivity index (χ3v) is 2.72. The Morgan fingerprint density at radius 2 is 1.76 bits per heavy atom. The number of carbonyl (C=O) groups excluding carboxylic acids is 1. The first kappa shape index (κ1) is 14.0. The fourth-order valence-corrected chi connectivity index (χ4v) is 2.23. The molecule has 0 spiro atoms. The topological polar surface area (TPSA) is 29.1 Å². The zero-order valence-electron chi connectivity index (χ0n) is 10.9. The fourth-order valence-electron chi connectivity index (χ4n) is 1.96. The molecule has 2 atom stereocenters. The summed E-state index contributed by atoms with van der Waals surface area (Å²) in [4.78, 5) is 12.0. The van der Waals surface area contributed by atoms with Gasteiger partial charge in [0.25, 0.3) is 5.91 Å². The second-order valence-electron chi connectivity index (χ2n) is 4.77. The second kappa shape index (κ2) is 6.06. The van der Waals surface area contributed by atoms with Crippen molar-refractivity contribution in [1.82, 2.24) is 5.32 Å². The van der Waals surface area contributed by atoms with Crippen LogP contribution in [-0.2, 0) is 0 Å². The first-order chi connectivity index (χ1) is 7.88. The predicted molar refractivity (Wildman–Crippen MR) is 72.8 cm³/mol. The molecule has 0 bridgehead atoms. The number of halogens is 1. The van der Waals surface area contributed by atoms with Gasteiger partial charge in [-0.05, 0) is 46.2 Å². The van der Waals surface area contributed by atoms with Crippen molar-refractivity contribution in [3.05, 3.63) is 34.9 Å². The molecule has 94 valence electrons. The van der Waals surface area contributed by atoms with Crippen LogP contribution < -0.4 is 5.32 Å². The third kappa shape index (κ3) is 4.78. The Bertz CT molecular complexity index is 381. The van der Waals surface area contributed by atoms with E-state index in [1.54, 1.807) is 0 Å².